The van der Waals surface area contributed by atoms with Crippen molar-refractivity contribution in [3.63, 3.8) is 0 Å². The van der Waals surface area contributed by atoms with E-state index in [2.05, 4.69) is 13.0 Å². The second-order valence-electron chi connectivity index (χ2n) is 12.8. The molecule has 1 atom stereocenters. The molecule has 47 heavy (non-hydrogen) atoms. The van der Waals surface area contributed by atoms with E-state index in [0.717, 1.165) is 30.4 Å². The molecule has 2 rings (SSSR count). The molecule has 266 valence electrons. The van der Waals surface area contributed by atoms with Crippen molar-refractivity contribution in [3.05, 3.63) is 52.1 Å². The Balaban J connectivity index is 2.39. The molecule has 0 saturated carbocycles. The van der Waals surface area contributed by atoms with Crippen molar-refractivity contribution in [3.8, 4) is 5.75 Å². The standard InChI is InChI=1S/C39H64N2O6/c1-8-11-12-13-14-15-16-17-18-19-20-21-22-24-31-25-23-26-32(47-29(4)5)34(31)35-33(38(42)44-9-2)30(6)41(7)37(46-28-27-40)36(35)39(43)45-10-3/h23,25-26,29,35H,8-22,24,27-28,40H2,1-7H3. The summed E-state index contributed by atoms with van der Waals surface area (Å²) >= 11 is 0. The number of hydrogen-bond donors (Lipinski definition) is 1. The summed E-state index contributed by atoms with van der Waals surface area (Å²) in [6.45, 7) is 12.5. The minimum Gasteiger partial charge on any atom is -0.491 e. The molecule has 0 amide bonds. The van der Waals surface area contributed by atoms with E-state index in [1.807, 2.05) is 32.9 Å². The van der Waals surface area contributed by atoms with Gasteiger partial charge in [0.15, 0.2) is 0 Å². The molecule has 0 saturated heterocycles. The number of nitrogens with zero attached hydrogens (tertiary/aromatic N) is 1. The Hall–Kier alpha value is -3.00. The maximum absolute atomic E-state index is 13.8. The molecule has 1 aromatic carbocycles. The normalized spacial score (nSPS) is 15.0. The lowest BCUT2D eigenvalue weighted by molar-refractivity contribution is -0.140. The zero-order valence-corrected chi connectivity index (χ0v) is 30.6. The van der Waals surface area contributed by atoms with E-state index in [9.17, 15) is 9.59 Å². The molecule has 0 radical (unpaired) electrons. The predicted molar refractivity (Wildman–Crippen MR) is 190 cm³/mol. The molecule has 0 spiro atoms. The molecule has 2 N–H and O–H groups in total. The molecule has 8 heteroatoms. The summed E-state index contributed by atoms with van der Waals surface area (Å²) in [5, 5.41) is 0. The quantitative estimate of drug-likeness (QED) is 0.0871. The third kappa shape index (κ3) is 12.5. The lowest BCUT2D eigenvalue weighted by Crippen LogP contribution is -2.36. The third-order valence-electron chi connectivity index (χ3n) is 8.71. The summed E-state index contributed by atoms with van der Waals surface area (Å²) in [4.78, 5) is 29.3. The van der Waals surface area contributed by atoms with E-state index in [1.54, 1.807) is 25.8 Å². The van der Waals surface area contributed by atoms with Gasteiger partial charge in [-0.25, -0.2) is 9.59 Å². The van der Waals surface area contributed by atoms with E-state index in [1.165, 1.54) is 70.6 Å². The Morgan fingerprint density at radius 3 is 1.85 bits per heavy atom. The molecule has 1 heterocycles. The molecule has 1 aliphatic rings. The average molecular weight is 657 g/mol. The van der Waals surface area contributed by atoms with E-state index < -0.39 is 17.9 Å². The SMILES string of the molecule is CCCCCCCCCCCCCCCc1cccc(OC(C)C)c1C1C(C(=O)OCC)=C(C)N(C)C(OCCN)=C1C(=O)OCC. The lowest BCUT2D eigenvalue weighted by atomic mass is 9.78. The zero-order chi connectivity index (χ0) is 34.6. The minimum atomic E-state index is -0.802. The van der Waals surface area contributed by atoms with Crippen LogP contribution in [-0.2, 0) is 30.2 Å². The van der Waals surface area contributed by atoms with Crippen molar-refractivity contribution >= 4 is 11.9 Å². The highest BCUT2D eigenvalue weighted by atomic mass is 16.5. The summed E-state index contributed by atoms with van der Waals surface area (Å²) in [7, 11) is 1.78. The van der Waals surface area contributed by atoms with Crippen LogP contribution in [0.15, 0.2) is 40.9 Å². The average Bonchev–Trinajstić information content (AvgIpc) is 3.03. The fourth-order valence-electron chi connectivity index (χ4n) is 6.32. The Morgan fingerprint density at radius 1 is 0.809 bits per heavy atom. The van der Waals surface area contributed by atoms with Crippen LogP contribution in [0.4, 0.5) is 0 Å². The Bertz CT molecular complexity index is 1160. The van der Waals surface area contributed by atoms with Crippen LogP contribution in [0.5, 0.6) is 5.75 Å². The van der Waals surface area contributed by atoms with Gasteiger partial charge in [-0.2, -0.15) is 0 Å². The van der Waals surface area contributed by atoms with Gasteiger partial charge in [0.2, 0.25) is 5.88 Å². The van der Waals surface area contributed by atoms with Crippen LogP contribution in [0.2, 0.25) is 0 Å². The Labute approximate surface area is 285 Å². The first kappa shape index (κ1) is 40.2. The molecule has 1 unspecified atom stereocenters. The van der Waals surface area contributed by atoms with E-state index >= 15 is 0 Å². The topological polar surface area (TPSA) is 100 Å². The highest BCUT2D eigenvalue weighted by Crippen LogP contribution is 2.47. The molecular weight excluding hydrogens is 592 g/mol. The summed E-state index contributed by atoms with van der Waals surface area (Å²) in [6.07, 6.45) is 17.4. The van der Waals surface area contributed by atoms with Gasteiger partial charge in [-0.05, 0) is 59.1 Å². The number of unbranched alkanes of at least 4 members (excludes halogenated alkanes) is 12. The molecular formula is C39H64N2O6. The summed E-state index contributed by atoms with van der Waals surface area (Å²) in [5.74, 6) is -0.860. The molecule has 0 aromatic heterocycles. The lowest BCUT2D eigenvalue weighted by Gasteiger charge is -2.37. The smallest absolute Gasteiger partial charge is 0.340 e. The number of nitrogens with two attached hydrogens (primary N) is 1. The van der Waals surface area contributed by atoms with Gasteiger partial charge in [0.25, 0.3) is 0 Å². The molecule has 1 aromatic rings. The minimum absolute atomic E-state index is 0.120. The summed E-state index contributed by atoms with van der Waals surface area (Å²) in [5.41, 5.74) is 8.91. The highest BCUT2D eigenvalue weighted by Gasteiger charge is 2.44. The zero-order valence-electron chi connectivity index (χ0n) is 30.6. The van der Waals surface area contributed by atoms with Crippen LogP contribution in [-0.4, -0.2) is 56.4 Å². The Kier molecular flexibility index (Phi) is 19.3. The van der Waals surface area contributed by atoms with Crippen LogP contribution >= 0.6 is 0 Å². The van der Waals surface area contributed by atoms with Crippen molar-refractivity contribution in [1.29, 1.82) is 0 Å². The molecule has 0 fully saturated rings. The van der Waals surface area contributed by atoms with Gasteiger partial charge in [-0.15, -0.1) is 0 Å². The molecule has 0 bridgehead atoms. The van der Waals surface area contributed by atoms with Crippen molar-refractivity contribution < 1.29 is 28.5 Å². The van der Waals surface area contributed by atoms with Crippen molar-refractivity contribution in [2.75, 3.05) is 33.4 Å². The number of benzene rings is 1. The number of esters is 2. The van der Waals surface area contributed by atoms with Gasteiger partial charge in [0, 0.05) is 24.9 Å². The van der Waals surface area contributed by atoms with Crippen LogP contribution < -0.4 is 10.5 Å². The number of carbonyl (C=O) groups excluding carboxylic acids is 2. The van der Waals surface area contributed by atoms with E-state index in [4.69, 9.17) is 24.7 Å². The number of rotatable bonds is 24. The first-order valence-electron chi connectivity index (χ1n) is 18.4. The first-order valence-corrected chi connectivity index (χ1v) is 18.4. The largest absolute Gasteiger partial charge is 0.491 e. The Morgan fingerprint density at radius 2 is 1.34 bits per heavy atom. The van der Waals surface area contributed by atoms with Gasteiger partial charge in [-0.1, -0.05) is 96.1 Å². The van der Waals surface area contributed by atoms with Crippen LogP contribution in [0, 0.1) is 0 Å². The monoisotopic (exact) mass is 656 g/mol. The van der Waals surface area contributed by atoms with E-state index in [0.29, 0.717) is 22.9 Å². The van der Waals surface area contributed by atoms with Gasteiger partial charge < -0.3 is 29.6 Å². The van der Waals surface area contributed by atoms with E-state index in [-0.39, 0.29) is 38.0 Å². The first-order chi connectivity index (χ1) is 22.7. The highest BCUT2D eigenvalue weighted by molar-refractivity contribution is 6.00. The van der Waals surface area contributed by atoms with Gasteiger partial charge in [-0.3, -0.25) is 0 Å². The summed E-state index contributed by atoms with van der Waals surface area (Å²) in [6, 6.07) is 6.00. The fraction of sp³-hybridized carbons (Fsp3) is 0.692. The predicted octanol–water partition coefficient (Wildman–Crippen LogP) is 8.72. The van der Waals surface area contributed by atoms with Crippen molar-refractivity contribution in [1.82, 2.24) is 4.90 Å². The number of hydrogen-bond acceptors (Lipinski definition) is 8. The van der Waals surface area contributed by atoms with Crippen molar-refractivity contribution in [2.45, 2.75) is 143 Å². The number of allylic oxidation sites excluding steroid dienone is 1. The number of aryl methyl sites for hydroxylation is 1. The number of ether oxygens (including phenoxy) is 4. The van der Waals surface area contributed by atoms with Crippen LogP contribution in [0.3, 0.4) is 0 Å². The molecule has 0 aliphatic carbocycles. The van der Waals surface area contributed by atoms with Crippen LogP contribution in [0.1, 0.15) is 142 Å². The van der Waals surface area contributed by atoms with Gasteiger partial charge in [0.1, 0.15) is 17.9 Å². The second kappa shape index (κ2) is 22.5. The number of carbonyl (C=O) groups is 2. The second-order valence-corrected chi connectivity index (χ2v) is 12.8. The van der Waals surface area contributed by atoms with Crippen molar-refractivity contribution in [2.24, 2.45) is 5.73 Å². The van der Waals surface area contributed by atoms with Gasteiger partial charge in [0.05, 0.1) is 30.8 Å². The van der Waals surface area contributed by atoms with Crippen LogP contribution in [0.25, 0.3) is 0 Å². The summed E-state index contributed by atoms with van der Waals surface area (Å²) < 4.78 is 23.7. The fourth-order valence-corrected chi connectivity index (χ4v) is 6.32. The molecule has 1 aliphatic heterocycles. The third-order valence-corrected chi connectivity index (χ3v) is 8.71. The maximum Gasteiger partial charge on any atom is 0.340 e. The molecule has 8 nitrogen and oxygen atoms in total. The maximum atomic E-state index is 13.8. The van der Waals surface area contributed by atoms with Gasteiger partial charge >= 0.3 is 11.9 Å².